The summed E-state index contributed by atoms with van der Waals surface area (Å²) in [5.41, 5.74) is 0.815. The minimum absolute atomic E-state index is 0.169. The van der Waals surface area contributed by atoms with Gasteiger partial charge in [-0.2, -0.15) is 0 Å². The average molecular weight is 277 g/mol. The van der Waals surface area contributed by atoms with Crippen LogP contribution in [0.25, 0.3) is 6.08 Å². The molecule has 0 unspecified atom stereocenters. The molecule has 0 saturated carbocycles. The lowest BCUT2D eigenvalue weighted by molar-refractivity contribution is -0.142. The Kier molecular flexibility index (Phi) is 6.89. The van der Waals surface area contributed by atoms with Gasteiger partial charge in [0.25, 0.3) is 0 Å². The highest BCUT2D eigenvalue weighted by Crippen LogP contribution is 2.18. The number of benzene rings is 1. The molecule has 1 amide bonds. The molecule has 0 saturated heterocycles. The molecule has 0 atom stereocenters. The van der Waals surface area contributed by atoms with E-state index >= 15 is 0 Å². The van der Waals surface area contributed by atoms with Crippen LogP contribution in [0.2, 0.25) is 0 Å². The molecule has 0 heterocycles. The van der Waals surface area contributed by atoms with E-state index < -0.39 is 0 Å². The summed E-state index contributed by atoms with van der Waals surface area (Å²) < 4.78 is 9.93. The topological polar surface area (TPSA) is 64.6 Å². The Hall–Kier alpha value is -2.30. The number of amides is 1. The molecule has 0 bridgehead atoms. The summed E-state index contributed by atoms with van der Waals surface area (Å²) in [6, 6.07) is 7.38. The smallest absolute Gasteiger partial charge is 0.307 e. The predicted molar refractivity (Wildman–Crippen MR) is 76.3 cm³/mol. The third-order valence-corrected chi connectivity index (χ3v) is 2.49. The Morgan fingerprint density at radius 3 is 2.75 bits per heavy atom. The van der Waals surface area contributed by atoms with Crippen LogP contribution in [-0.2, 0) is 14.3 Å². The summed E-state index contributed by atoms with van der Waals surface area (Å²) in [5.74, 6) is 0.116. The first-order valence-electron chi connectivity index (χ1n) is 6.42. The van der Waals surface area contributed by atoms with Gasteiger partial charge < -0.3 is 14.8 Å². The molecule has 1 rings (SSSR count). The van der Waals surface area contributed by atoms with Gasteiger partial charge in [0, 0.05) is 18.2 Å². The number of hydrogen-bond acceptors (Lipinski definition) is 4. The maximum Gasteiger partial charge on any atom is 0.307 e. The lowest BCUT2D eigenvalue weighted by Crippen LogP contribution is -2.24. The summed E-state index contributed by atoms with van der Waals surface area (Å²) in [4.78, 5) is 22.6. The van der Waals surface area contributed by atoms with Crippen molar-refractivity contribution >= 4 is 18.0 Å². The molecule has 0 aromatic heterocycles. The SMILES string of the molecule is CCOC(=O)CCNC(=O)/C=C/c1ccccc1OC. The first-order chi connectivity index (χ1) is 9.67. The van der Waals surface area contributed by atoms with Crippen LogP contribution in [0.4, 0.5) is 0 Å². The molecule has 0 aliphatic heterocycles. The van der Waals surface area contributed by atoms with Gasteiger partial charge in [0.1, 0.15) is 5.75 Å². The minimum atomic E-state index is -0.318. The zero-order valence-corrected chi connectivity index (χ0v) is 11.7. The monoisotopic (exact) mass is 277 g/mol. The predicted octanol–water partition coefficient (Wildman–Crippen LogP) is 1.78. The van der Waals surface area contributed by atoms with E-state index in [0.717, 1.165) is 5.56 Å². The van der Waals surface area contributed by atoms with E-state index in [4.69, 9.17) is 9.47 Å². The van der Waals surface area contributed by atoms with Crippen molar-refractivity contribution in [2.75, 3.05) is 20.3 Å². The summed E-state index contributed by atoms with van der Waals surface area (Å²) in [5, 5.41) is 2.61. The number of para-hydroxylation sites is 1. The van der Waals surface area contributed by atoms with Crippen LogP contribution in [0.15, 0.2) is 30.3 Å². The van der Waals surface area contributed by atoms with Gasteiger partial charge in [-0.05, 0) is 19.1 Å². The molecule has 0 aliphatic rings. The summed E-state index contributed by atoms with van der Waals surface area (Å²) in [7, 11) is 1.58. The fraction of sp³-hybridized carbons (Fsp3) is 0.333. The summed E-state index contributed by atoms with van der Waals surface area (Å²) in [6.45, 7) is 2.35. The van der Waals surface area contributed by atoms with Crippen molar-refractivity contribution in [1.29, 1.82) is 0 Å². The fourth-order valence-electron chi connectivity index (χ4n) is 1.55. The van der Waals surface area contributed by atoms with Gasteiger partial charge in [-0.3, -0.25) is 9.59 Å². The number of carbonyl (C=O) groups excluding carboxylic acids is 2. The van der Waals surface area contributed by atoms with Crippen molar-refractivity contribution < 1.29 is 19.1 Å². The lowest BCUT2D eigenvalue weighted by atomic mass is 10.2. The molecule has 5 nitrogen and oxygen atoms in total. The highest BCUT2D eigenvalue weighted by Gasteiger charge is 2.03. The fourth-order valence-corrected chi connectivity index (χ4v) is 1.55. The van der Waals surface area contributed by atoms with Crippen LogP contribution in [0.1, 0.15) is 18.9 Å². The normalized spacial score (nSPS) is 10.3. The largest absolute Gasteiger partial charge is 0.496 e. The van der Waals surface area contributed by atoms with Gasteiger partial charge in [-0.15, -0.1) is 0 Å². The van der Waals surface area contributed by atoms with Crippen LogP contribution >= 0.6 is 0 Å². The van der Waals surface area contributed by atoms with Gasteiger partial charge in [-0.25, -0.2) is 0 Å². The molecule has 1 aromatic rings. The van der Waals surface area contributed by atoms with Gasteiger partial charge in [0.15, 0.2) is 0 Å². The van der Waals surface area contributed by atoms with E-state index in [-0.39, 0.29) is 24.8 Å². The van der Waals surface area contributed by atoms with Crippen molar-refractivity contribution in [2.24, 2.45) is 0 Å². The second kappa shape index (κ2) is 8.74. The van der Waals surface area contributed by atoms with Gasteiger partial charge in [0.2, 0.25) is 5.91 Å². The number of rotatable bonds is 7. The quantitative estimate of drug-likeness (QED) is 0.609. The van der Waals surface area contributed by atoms with Crippen molar-refractivity contribution in [3.05, 3.63) is 35.9 Å². The minimum Gasteiger partial charge on any atom is -0.496 e. The van der Waals surface area contributed by atoms with Crippen LogP contribution in [0.5, 0.6) is 5.75 Å². The number of nitrogens with one attached hydrogen (secondary N) is 1. The summed E-state index contributed by atoms with van der Waals surface area (Å²) >= 11 is 0. The molecule has 0 fully saturated rings. The van der Waals surface area contributed by atoms with Crippen molar-refractivity contribution in [2.45, 2.75) is 13.3 Å². The number of esters is 1. The molecule has 1 aromatic carbocycles. The maximum atomic E-state index is 11.6. The van der Waals surface area contributed by atoms with Crippen LogP contribution in [0.3, 0.4) is 0 Å². The van der Waals surface area contributed by atoms with E-state index in [1.807, 2.05) is 24.3 Å². The number of hydrogen-bond donors (Lipinski definition) is 1. The Morgan fingerprint density at radius 2 is 2.05 bits per heavy atom. The molecule has 0 aliphatic carbocycles. The zero-order chi connectivity index (χ0) is 14.8. The third kappa shape index (κ3) is 5.56. The molecule has 0 radical (unpaired) electrons. The van der Waals surface area contributed by atoms with E-state index in [1.165, 1.54) is 6.08 Å². The average Bonchev–Trinajstić information content (AvgIpc) is 2.45. The first-order valence-corrected chi connectivity index (χ1v) is 6.42. The molecule has 20 heavy (non-hydrogen) atoms. The van der Waals surface area contributed by atoms with Crippen LogP contribution < -0.4 is 10.1 Å². The highest BCUT2D eigenvalue weighted by molar-refractivity contribution is 5.92. The Labute approximate surface area is 118 Å². The Balaban J connectivity index is 2.42. The molecule has 0 spiro atoms. The third-order valence-electron chi connectivity index (χ3n) is 2.49. The van der Waals surface area contributed by atoms with E-state index in [1.54, 1.807) is 20.1 Å². The maximum absolute atomic E-state index is 11.6. The van der Waals surface area contributed by atoms with Crippen molar-refractivity contribution in [3.8, 4) is 5.75 Å². The molecular formula is C15H19NO4. The van der Waals surface area contributed by atoms with Crippen molar-refractivity contribution in [3.63, 3.8) is 0 Å². The van der Waals surface area contributed by atoms with Crippen LogP contribution in [0, 0.1) is 0 Å². The second-order valence-corrected chi connectivity index (χ2v) is 3.92. The van der Waals surface area contributed by atoms with Crippen molar-refractivity contribution in [1.82, 2.24) is 5.32 Å². The second-order valence-electron chi connectivity index (χ2n) is 3.92. The number of carbonyl (C=O) groups is 2. The van der Waals surface area contributed by atoms with Gasteiger partial charge >= 0.3 is 5.97 Å². The standard InChI is InChI=1S/C15H19NO4/c1-3-20-15(18)10-11-16-14(17)9-8-12-6-4-5-7-13(12)19-2/h4-9H,3,10-11H2,1-2H3,(H,16,17)/b9-8+. The highest BCUT2D eigenvalue weighted by atomic mass is 16.5. The first kappa shape index (κ1) is 15.8. The van der Waals surface area contributed by atoms with Gasteiger partial charge in [-0.1, -0.05) is 18.2 Å². The molecule has 5 heteroatoms. The number of ether oxygens (including phenoxy) is 2. The van der Waals surface area contributed by atoms with E-state index in [2.05, 4.69) is 5.32 Å². The van der Waals surface area contributed by atoms with E-state index in [0.29, 0.717) is 12.4 Å². The number of methoxy groups -OCH3 is 1. The van der Waals surface area contributed by atoms with Crippen LogP contribution in [-0.4, -0.2) is 32.1 Å². The van der Waals surface area contributed by atoms with Gasteiger partial charge in [0.05, 0.1) is 20.1 Å². The Bertz CT molecular complexity index is 483. The molecule has 108 valence electrons. The summed E-state index contributed by atoms with van der Waals surface area (Å²) in [6.07, 6.45) is 3.24. The Morgan fingerprint density at radius 1 is 1.30 bits per heavy atom. The molecule has 1 N–H and O–H groups in total. The lowest BCUT2D eigenvalue weighted by Gasteiger charge is -2.04. The zero-order valence-electron chi connectivity index (χ0n) is 11.7. The van der Waals surface area contributed by atoms with E-state index in [9.17, 15) is 9.59 Å². The molecular weight excluding hydrogens is 258 g/mol.